The third-order valence-corrected chi connectivity index (χ3v) is 3.96. The zero-order valence-corrected chi connectivity index (χ0v) is 11.8. The predicted octanol–water partition coefficient (Wildman–Crippen LogP) is 1.28. The van der Waals surface area contributed by atoms with E-state index in [1.807, 2.05) is 25.1 Å². The van der Waals surface area contributed by atoms with Gasteiger partial charge in [0.25, 0.3) is 0 Å². The predicted molar refractivity (Wildman–Crippen MR) is 77.1 cm³/mol. The summed E-state index contributed by atoms with van der Waals surface area (Å²) in [6.07, 6.45) is 1.21. The number of amides is 1. The highest BCUT2D eigenvalue weighted by atomic mass is 16.1. The molecule has 1 atom stereocenters. The van der Waals surface area contributed by atoms with Gasteiger partial charge in [-0.2, -0.15) is 0 Å². The Kier molecular flexibility index (Phi) is 4.56. The van der Waals surface area contributed by atoms with E-state index in [2.05, 4.69) is 17.1 Å². The lowest BCUT2D eigenvalue weighted by Gasteiger charge is -2.27. The Morgan fingerprint density at radius 2 is 2.32 bits per heavy atom. The fourth-order valence-corrected chi connectivity index (χ4v) is 2.70. The molecule has 1 unspecified atom stereocenters. The van der Waals surface area contributed by atoms with Gasteiger partial charge < -0.3 is 11.1 Å². The smallest absolute Gasteiger partial charge is 0.248 e. The van der Waals surface area contributed by atoms with Gasteiger partial charge in [-0.15, -0.1) is 0 Å². The van der Waals surface area contributed by atoms with E-state index in [1.165, 1.54) is 12.0 Å². The molecule has 2 rings (SSSR count). The Labute approximate surface area is 115 Å². The summed E-state index contributed by atoms with van der Waals surface area (Å²) in [4.78, 5) is 13.6. The first-order valence-corrected chi connectivity index (χ1v) is 6.96. The van der Waals surface area contributed by atoms with Gasteiger partial charge in [-0.1, -0.05) is 13.0 Å². The molecule has 19 heavy (non-hydrogen) atoms. The molecule has 0 saturated carbocycles. The molecular weight excluding hydrogens is 238 g/mol. The minimum atomic E-state index is -0.359. The normalized spacial score (nSPS) is 19.0. The topological polar surface area (TPSA) is 58.4 Å². The molecule has 104 valence electrons. The molecule has 1 aliphatic heterocycles. The molecule has 0 aromatic heterocycles. The van der Waals surface area contributed by atoms with Gasteiger partial charge in [-0.3, -0.25) is 9.69 Å². The summed E-state index contributed by atoms with van der Waals surface area (Å²) in [6, 6.07) is 6.37. The van der Waals surface area contributed by atoms with Gasteiger partial charge in [0.2, 0.25) is 5.91 Å². The van der Waals surface area contributed by atoms with E-state index in [4.69, 9.17) is 5.73 Å². The quantitative estimate of drug-likeness (QED) is 0.839. The van der Waals surface area contributed by atoms with E-state index < -0.39 is 0 Å². The number of primary amides is 1. The summed E-state index contributed by atoms with van der Waals surface area (Å²) in [7, 11) is 0. The van der Waals surface area contributed by atoms with Crippen molar-refractivity contribution in [3.63, 3.8) is 0 Å². The second kappa shape index (κ2) is 6.17. The highest BCUT2D eigenvalue weighted by Gasteiger charge is 2.21. The molecular formula is C15H23N3O. The molecule has 1 amide bonds. The molecule has 1 aromatic rings. The van der Waals surface area contributed by atoms with Crippen LogP contribution in [0.25, 0.3) is 0 Å². The maximum Gasteiger partial charge on any atom is 0.248 e. The monoisotopic (exact) mass is 261 g/mol. The molecule has 0 spiro atoms. The maximum absolute atomic E-state index is 11.2. The summed E-state index contributed by atoms with van der Waals surface area (Å²) >= 11 is 0. The number of nitrogens with two attached hydrogens (primary N) is 1. The second-order valence-electron chi connectivity index (χ2n) is 5.22. The van der Waals surface area contributed by atoms with Gasteiger partial charge in [0, 0.05) is 24.7 Å². The first-order valence-electron chi connectivity index (χ1n) is 6.96. The van der Waals surface area contributed by atoms with Crippen LogP contribution in [0.2, 0.25) is 0 Å². The highest BCUT2D eigenvalue weighted by molar-refractivity contribution is 5.93. The number of nitrogens with zero attached hydrogens (tertiary/aromatic N) is 1. The maximum atomic E-state index is 11.2. The zero-order chi connectivity index (χ0) is 13.8. The van der Waals surface area contributed by atoms with Crippen LogP contribution in [0.1, 0.15) is 34.8 Å². The van der Waals surface area contributed by atoms with Crippen molar-refractivity contribution in [1.82, 2.24) is 10.2 Å². The van der Waals surface area contributed by atoms with Crippen LogP contribution in [0, 0.1) is 6.92 Å². The van der Waals surface area contributed by atoms with E-state index in [-0.39, 0.29) is 5.91 Å². The van der Waals surface area contributed by atoms with E-state index in [0.717, 1.165) is 31.7 Å². The molecule has 1 aliphatic rings. The van der Waals surface area contributed by atoms with E-state index in [0.29, 0.717) is 11.6 Å². The number of hydrogen-bond donors (Lipinski definition) is 2. The molecule has 1 saturated heterocycles. The molecule has 1 fully saturated rings. The second-order valence-corrected chi connectivity index (χ2v) is 5.22. The van der Waals surface area contributed by atoms with Crippen molar-refractivity contribution >= 4 is 5.91 Å². The van der Waals surface area contributed by atoms with Gasteiger partial charge in [0.1, 0.15) is 0 Å². The number of likely N-dealkylation sites (N-methyl/N-ethyl adjacent to an activating group) is 1. The Morgan fingerprint density at radius 1 is 1.53 bits per heavy atom. The average Bonchev–Trinajstić information content (AvgIpc) is 2.91. The number of carbonyl (C=O) groups is 1. The van der Waals surface area contributed by atoms with Crippen molar-refractivity contribution in [3.05, 3.63) is 34.9 Å². The molecule has 0 bridgehead atoms. The molecule has 4 heteroatoms. The van der Waals surface area contributed by atoms with Crippen LogP contribution in [-0.2, 0) is 6.54 Å². The summed E-state index contributed by atoms with van der Waals surface area (Å²) in [5, 5.41) is 3.41. The summed E-state index contributed by atoms with van der Waals surface area (Å²) in [5.41, 5.74) is 8.31. The van der Waals surface area contributed by atoms with Crippen molar-refractivity contribution in [1.29, 1.82) is 0 Å². The van der Waals surface area contributed by atoms with Gasteiger partial charge in [-0.25, -0.2) is 0 Å². The van der Waals surface area contributed by atoms with Crippen LogP contribution in [0.5, 0.6) is 0 Å². The number of carbonyl (C=O) groups excluding carboxylic acids is 1. The fraction of sp³-hybridized carbons (Fsp3) is 0.533. The van der Waals surface area contributed by atoms with E-state index in [9.17, 15) is 4.79 Å². The van der Waals surface area contributed by atoms with Crippen molar-refractivity contribution in [2.24, 2.45) is 5.73 Å². The SMILES string of the molecule is CCN(Cc1ccc(C(N)=O)cc1C)C1CCNC1. The molecule has 1 aromatic carbocycles. The lowest BCUT2D eigenvalue weighted by atomic mass is 10.0. The number of benzene rings is 1. The van der Waals surface area contributed by atoms with Gasteiger partial charge in [-0.05, 0) is 49.7 Å². The zero-order valence-electron chi connectivity index (χ0n) is 11.8. The Balaban J connectivity index is 2.10. The highest BCUT2D eigenvalue weighted by Crippen LogP contribution is 2.17. The summed E-state index contributed by atoms with van der Waals surface area (Å²) in [6.45, 7) is 8.41. The van der Waals surface area contributed by atoms with E-state index in [1.54, 1.807) is 0 Å². The number of aryl methyl sites for hydroxylation is 1. The van der Waals surface area contributed by atoms with Crippen LogP contribution < -0.4 is 11.1 Å². The molecule has 0 aliphatic carbocycles. The molecule has 1 heterocycles. The molecule has 4 nitrogen and oxygen atoms in total. The minimum absolute atomic E-state index is 0.359. The van der Waals surface area contributed by atoms with Crippen molar-refractivity contribution in [3.8, 4) is 0 Å². The van der Waals surface area contributed by atoms with Crippen molar-refractivity contribution in [2.45, 2.75) is 32.9 Å². The fourth-order valence-electron chi connectivity index (χ4n) is 2.70. The molecule has 0 radical (unpaired) electrons. The number of hydrogen-bond acceptors (Lipinski definition) is 3. The lowest BCUT2D eigenvalue weighted by Crippen LogP contribution is -2.36. The Hall–Kier alpha value is -1.39. The number of nitrogens with one attached hydrogen (secondary N) is 1. The average molecular weight is 261 g/mol. The van der Waals surface area contributed by atoms with Gasteiger partial charge in [0.15, 0.2) is 0 Å². The summed E-state index contributed by atoms with van der Waals surface area (Å²) in [5.74, 6) is -0.359. The number of rotatable bonds is 5. The first kappa shape index (κ1) is 14.0. The molecule has 3 N–H and O–H groups in total. The van der Waals surface area contributed by atoms with Crippen LogP contribution in [0.3, 0.4) is 0 Å². The first-order chi connectivity index (χ1) is 9.11. The lowest BCUT2D eigenvalue weighted by molar-refractivity contribution is 0.1000. The van der Waals surface area contributed by atoms with Crippen LogP contribution in [0.15, 0.2) is 18.2 Å². The van der Waals surface area contributed by atoms with Crippen LogP contribution >= 0.6 is 0 Å². The van der Waals surface area contributed by atoms with Crippen LogP contribution in [-0.4, -0.2) is 36.5 Å². The third-order valence-electron chi connectivity index (χ3n) is 3.96. The van der Waals surface area contributed by atoms with Gasteiger partial charge in [0.05, 0.1) is 0 Å². The third kappa shape index (κ3) is 3.33. The van der Waals surface area contributed by atoms with Crippen LogP contribution in [0.4, 0.5) is 0 Å². The van der Waals surface area contributed by atoms with Crippen molar-refractivity contribution < 1.29 is 4.79 Å². The van der Waals surface area contributed by atoms with Gasteiger partial charge >= 0.3 is 0 Å². The standard InChI is InChI=1S/C15H23N3O/c1-3-18(14-6-7-17-9-14)10-13-5-4-12(15(16)19)8-11(13)2/h4-5,8,14,17H,3,6-7,9-10H2,1-2H3,(H2,16,19). The Bertz CT molecular complexity index is 453. The largest absolute Gasteiger partial charge is 0.366 e. The Morgan fingerprint density at radius 3 is 2.84 bits per heavy atom. The van der Waals surface area contributed by atoms with E-state index >= 15 is 0 Å². The summed E-state index contributed by atoms with van der Waals surface area (Å²) < 4.78 is 0. The minimum Gasteiger partial charge on any atom is -0.366 e. The van der Waals surface area contributed by atoms with Crippen molar-refractivity contribution in [2.75, 3.05) is 19.6 Å².